The van der Waals surface area contributed by atoms with Crippen LogP contribution in [0.1, 0.15) is 18.9 Å². The van der Waals surface area contributed by atoms with E-state index in [0.717, 1.165) is 46.5 Å². The Kier molecular flexibility index (Phi) is 7.63. The van der Waals surface area contributed by atoms with Crippen LogP contribution in [-0.4, -0.2) is 59.6 Å². The van der Waals surface area contributed by atoms with Gasteiger partial charge in [-0.2, -0.15) is 0 Å². The molecular weight excluding hydrogens is 464 g/mol. The van der Waals surface area contributed by atoms with Gasteiger partial charge in [-0.05, 0) is 44.8 Å². The Bertz CT molecular complexity index is 1430. The molecular formula is C28H36N8O. The number of nitrogen functional groups attached to an aromatic ring is 1. The predicted octanol–water partition coefficient (Wildman–Crippen LogP) is 4.62. The topological polar surface area (TPSA) is 104 Å². The molecule has 194 valence electrons. The fraction of sp³-hybridized carbons (Fsp3) is 0.321. The summed E-state index contributed by atoms with van der Waals surface area (Å²) in [6.45, 7) is 5.65. The Morgan fingerprint density at radius 1 is 1.11 bits per heavy atom. The molecule has 0 aliphatic rings. The highest BCUT2D eigenvalue weighted by Gasteiger charge is 2.18. The number of fused-ring (bicyclic) bond motifs is 1. The number of benzene rings is 2. The van der Waals surface area contributed by atoms with Crippen LogP contribution in [0.4, 0.5) is 28.7 Å². The van der Waals surface area contributed by atoms with E-state index in [9.17, 15) is 4.79 Å². The number of carbonyl (C=O) groups excluding carboxylic acids is 1. The van der Waals surface area contributed by atoms with Gasteiger partial charge in [0.2, 0.25) is 11.9 Å². The average Bonchev–Trinajstić information content (AvgIpc) is 3.21. The zero-order valence-corrected chi connectivity index (χ0v) is 22.5. The second kappa shape index (κ2) is 10.9. The normalized spacial score (nSPS) is 11.2. The molecule has 4 aromatic rings. The van der Waals surface area contributed by atoms with Gasteiger partial charge in [-0.15, -0.1) is 0 Å². The van der Waals surface area contributed by atoms with Crippen molar-refractivity contribution < 1.29 is 4.79 Å². The van der Waals surface area contributed by atoms with Crippen LogP contribution in [0.2, 0.25) is 0 Å². The van der Waals surface area contributed by atoms with E-state index in [-0.39, 0.29) is 5.91 Å². The second-order valence-corrected chi connectivity index (χ2v) is 9.60. The van der Waals surface area contributed by atoms with Crippen molar-refractivity contribution in [2.24, 2.45) is 7.05 Å². The van der Waals surface area contributed by atoms with Gasteiger partial charge in [0, 0.05) is 62.0 Å². The number of anilines is 5. The minimum absolute atomic E-state index is 0.0941. The van der Waals surface area contributed by atoms with Crippen molar-refractivity contribution in [3.8, 4) is 11.3 Å². The molecule has 9 nitrogen and oxygen atoms in total. The minimum atomic E-state index is -0.0941. The average molecular weight is 501 g/mol. The number of nitrogens with two attached hydrogens (primary N) is 1. The third kappa shape index (κ3) is 5.67. The van der Waals surface area contributed by atoms with Crippen LogP contribution in [0.5, 0.6) is 0 Å². The van der Waals surface area contributed by atoms with Gasteiger partial charge in [-0.25, -0.2) is 9.97 Å². The summed E-state index contributed by atoms with van der Waals surface area (Å²) in [7, 11) is 8.16. The summed E-state index contributed by atoms with van der Waals surface area (Å²) in [5.74, 6) is 0.331. The molecule has 9 heteroatoms. The quantitative estimate of drug-likeness (QED) is 0.288. The molecule has 0 fully saturated rings. The Labute approximate surface area is 218 Å². The fourth-order valence-electron chi connectivity index (χ4n) is 4.27. The van der Waals surface area contributed by atoms with Gasteiger partial charge in [0.15, 0.2) is 0 Å². The smallest absolute Gasteiger partial charge is 0.227 e. The number of hydrogen-bond acceptors (Lipinski definition) is 7. The van der Waals surface area contributed by atoms with Gasteiger partial charge in [0.25, 0.3) is 0 Å². The highest BCUT2D eigenvalue weighted by molar-refractivity contribution is 6.01. The van der Waals surface area contributed by atoms with Crippen LogP contribution in [-0.2, 0) is 11.8 Å². The fourth-order valence-corrected chi connectivity index (χ4v) is 4.27. The van der Waals surface area contributed by atoms with E-state index >= 15 is 0 Å². The van der Waals surface area contributed by atoms with Gasteiger partial charge in [0.1, 0.15) is 5.69 Å². The molecule has 0 saturated carbocycles. The number of aryl methyl sites for hydroxylation is 2. The first-order valence-electron chi connectivity index (χ1n) is 12.4. The highest BCUT2D eigenvalue weighted by atomic mass is 16.1. The third-order valence-electron chi connectivity index (χ3n) is 6.45. The molecule has 2 aromatic heterocycles. The Morgan fingerprint density at radius 2 is 1.86 bits per heavy atom. The van der Waals surface area contributed by atoms with Crippen molar-refractivity contribution in [3.63, 3.8) is 0 Å². The molecule has 4 N–H and O–H groups in total. The first-order valence-corrected chi connectivity index (χ1v) is 12.4. The number of amides is 1. The van der Waals surface area contributed by atoms with E-state index in [1.807, 2.05) is 52.3 Å². The lowest BCUT2D eigenvalue weighted by atomic mass is 10.1. The molecule has 1 amide bonds. The van der Waals surface area contributed by atoms with E-state index in [2.05, 4.69) is 62.3 Å². The maximum atomic E-state index is 12.3. The zero-order valence-electron chi connectivity index (χ0n) is 22.5. The van der Waals surface area contributed by atoms with Crippen LogP contribution in [0.3, 0.4) is 0 Å². The molecule has 0 aliphatic carbocycles. The molecule has 0 spiro atoms. The number of para-hydroxylation sites is 1. The minimum Gasteiger partial charge on any atom is -0.397 e. The monoisotopic (exact) mass is 500 g/mol. The van der Waals surface area contributed by atoms with E-state index in [1.54, 1.807) is 6.20 Å². The second-order valence-electron chi connectivity index (χ2n) is 9.60. The third-order valence-corrected chi connectivity index (χ3v) is 6.45. The van der Waals surface area contributed by atoms with Gasteiger partial charge < -0.3 is 30.7 Å². The van der Waals surface area contributed by atoms with Gasteiger partial charge in [0.05, 0.1) is 23.3 Å². The van der Waals surface area contributed by atoms with Crippen LogP contribution in [0, 0.1) is 6.92 Å². The molecule has 0 aliphatic heterocycles. The Morgan fingerprint density at radius 3 is 2.59 bits per heavy atom. The van der Waals surface area contributed by atoms with Crippen molar-refractivity contribution in [1.29, 1.82) is 0 Å². The maximum Gasteiger partial charge on any atom is 0.227 e. The van der Waals surface area contributed by atoms with Crippen LogP contribution >= 0.6 is 0 Å². The lowest BCUT2D eigenvalue weighted by molar-refractivity contribution is -0.115. The number of hydrogen-bond donors (Lipinski definition) is 3. The summed E-state index contributed by atoms with van der Waals surface area (Å²) in [5.41, 5.74) is 13.2. The van der Waals surface area contributed by atoms with E-state index < -0.39 is 0 Å². The zero-order chi connectivity index (χ0) is 26.7. The summed E-state index contributed by atoms with van der Waals surface area (Å²) < 4.78 is 2.06. The van der Waals surface area contributed by atoms with Crippen molar-refractivity contribution >= 4 is 45.5 Å². The molecule has 2 heterocycles. The number of rotatable bonds is 9. The van der Waals surface area contributed by atoms with Gasteiger partial charge in [-0.3, -0.25) is 4.79 Å². The summed E-state index contributed by atoms with van der Waals surface area (Å²) in [6, 6.07) is 12.1. The Balaban J connectivity index is 1.71. The van der Waals surface area contributed by atoms with Crippen molar-refractivity contribution in [3.05, 3.63) is 54.4 Å². The lowest BCUT2D eigenvalue weighted by Gasteiger charge is -2.24. The number of likely N-dealkylation sites (N-methyl/N-ethyl adjacent to an activating group) is 2. The molecule has 2 aromatic carbocycles. The SMILES string of the molecule is CCC(=O)Nc1cnc(Nc2cc(N)c(N(C)CCN(C)C)cc2C)nc1-c1cn(C)c2ccccc12. The first-order chi connectivity index (χ1) is 17.7. The summed E-state index contributed by atoms with van der Waals surface area (Å²) in [5, 5.41) is 7.34. The molecule has 0 radical (unpaired) electrons. The number of nitrogens with one attached hydrogen (secondary N) is 2. The van der Waals surface area contributed by atoms with Crippen LogP contribution < -0.4 is 21.3 Å². The Hall–Kier alpha value is -4.11. The molecule has 0 unspecified atom stereocenters. The molecule has 0 atom stereocenters. The summed E-state index contributed by atoms with van der Waals surface area (Å²) in [6.07, 6.45) is 4.05. The standard InChI is InChI=1S/C28H36N8O/c1-7-26(37)31-23-16-30-28(33-27(23)20-17-36(6)24-11-9-8-10-19(20)24)32-22-15-21(29)25(14-18(22)2)35(5)13-12-34(3)4/h8-11,14-17H,7,12-13,29H2,1-6H3,(H,31,37)(H,30,32,33). The van der Waals surface area contributed by atoms with Crippen molar-refractivity contribution in [2.75, 3.05) is 55.5 Å². The van der Waals surface area contributed by atoms with Crippen LogP contribution in [0.15, 0.2) is 48.8 Å². The largest absolute Gasteiger partial charge is 0.397 e. The number of aromatic nitrogens is 3. The highest BCUT2D eigenvalue weighted by Crippen LogP contribution is 2.35. The molecule has 0 saturated heterocycles. The lowest BCUT2D eigenvalue weighted by Crippen LogP contribution is -2.29. The van der Waals surface area contributed by atoms with Crippen LogP contribution in [0.25, 0.3) is 22.2 Å². The molecule has 0 bridgehead atoms. The van der Waals surface area contributed by atoms with E-state index in [0.29, 0.717) is 29.4 Å². The molecule has 37 heavy (non-hydrogen) atoms. The predicted molar refractivity (Wildman–Crippen MR) is 154 cm³/mol. The van der Waals surface area contributed by atoms with E-state index in [1.165, 1.54) is 0 Å². The van der Waals surface area contributed by atoms with Gasteiger partial charge >= 0.3 is 0 Å². The first kappa shape index (κ1) is 26.0. The number of carbonyl (C=O) groups is 1. The van der Waals surface area contributed by atoms with Gasteiger partial charge in [-0.1, -0.05) is 25.1 Å². The maximum absolute atomic E-state index is 12.3. The van der Waals surface area contributed by atoms with Crippen molar-refractivity contribution in [2.45, 2.75) is 20.3 Å². The summed E-state index contributed by atoms with van der Waals surface area (Å²) in [4.78, 5) is 25.9. The molecule has 4 rings (SSSR count). The summed E-state index contributed by atoms with van der Waals surface area (Å²) >= 11 is 0. The number of nitrogens with zero attached hydrogens (tertiary/aromatic N) is 5. The van der Waals surface area contributed by atoms with Crippen molar-refractivity contribution in [1.82, 2.24) is 19.4 Å². The van der Waals surface area contributed by atoms with E-state index in [4.69, 9.17) is 10.7 Å².